The number of halogens is 3. The molecule has 1 aromatic carbocycles. The summed E-state index contributed by atoms with van der Waals surface area (Å²) in [6.45, 7) is 3.82. The molecule has 1 fully saturated rings. The number of hydrogen-bond acceptors (Lipinski definition) is 2. The lowest BCUT2D eigenvalue weighted by Gasteiger charge is -2.34. The molecule has 1 saturated heterocycles. The highest BCUT2D eigenvalue weighted by Gasteiger charge is 2.25. The van der Waals surface area contributed by atoms with Gasteiger partial charge in [0.05, 0.1) is 5.56 Å². The summed E-state index contributed by atoms with van der Waals surface area (Å²) in [4.78, 5) is 13.7. The predicted octanol–water partition coefficient (Wildman–Crippen LogP) is 1.82. The van der Waals surface area contributed by atoms with Crippen LogP contribution in [0.4, 0.5) is 8.78 Å². The molecule has 1 aliphatic heterocycles. The topological polar surface area (TPSA) is 32.3 Å². The minimum absolute atomic E-state index is 0. The molecule has 1 heterocycles. The first kappa shape index (κ1) is 14.9. The number of nitrogens with zero attached hydrogens (tertiary/aromatic N) is 1. The zero-order chi connectivity index (χ0) is 12.4. The first-order valence-electron chi connectivity index (χ1n) is 5.56. The number of rotatable bonds is 1. The van der Waals surface area contributed by atoms with Crippen LogP contribution >= 0.6 is 12.4 Å². The Labute approximate surface area is 111 Å². The Balaban J connectivity index is 0.00000162. The number of benzene rings is 1. The van der Waals surface area contributed by atoms with Crippen LogP contribution in [0.25, 0.3) is 0 Å². The molecule has 1 aromatic rings. The SMILES string of the molecule is C[C@H]1CNCCN1C(=O)c1ccc(F)cc1F.Cl. The highest BCUT2D eigenvalue weighted by molar-refractivity contribution is 5.94. The van der Waals surface area contributed by atoms with Gasteiger partial charge < -0.3 is 10.2 Å². The maximum absolute atomic E-state index is 13.5. The molecular formula is C12H15ClF2N2O. The molecule has 100 valence electrons. The van der Waals surface area contributed by atoms with E-state index in [-0.39, 0.29) is 29.9 Å². The van der Waals surface area contributed by atoms with E-state index in [4.69, 9.17) is 0 Å². The van der Waals surface area contributed by atoms with Crippen LogP contribution in [0, 0.1) is 11.6 Å². The molecule has 0 aromatic heterocycles. The number of piperazine rings is 1. The predicted molar refractivity (Wildman–Crippen MR) is 67.0 cm³/mol. The number of nitrogens with one attached hydrogen (secondary N) is 1. The van der Waals surface area contributed by atoms with Crippen LogP contribution in [0.2, 0.25) is 0 Å². The summed E-state index contributed by atoms with van der Waals surface area (Å²) >= 11 is 0. The van der Waals surface area contributed by atoms with Crippen molar-refractivity contribution in [2.75, 3.05) is 19.6 Å². The Kier molecular flexibility index (Phi) is 5.04. The normalized spacial score (nSPS) is 19.3. The lowest BCUT2D eigenvalue weighted by Crippen LogP contribution is -2.52. The summed E-state index contributed by atoms with van der Waals surface area (Å²) in [6, 6.07) is 3.05. The van der Waals surface area contributed by atoms with Crippen LogP contribution in [0.3, 0.4) is 0 Å². The Morgan fingerprint density at radius 1 is 1.44 bits per heavy atom. The minimum Gasteiger partial charge on any atom is -0.333 e. The molecule has 1 atom stereocenters. The summed E-state index contributed by atoms with van der Waals surface area (Å²) in [5.74, 6) is -1.86. The van der Waals surface area contributed by atoms with Gasteiger partial charge in [-0.15, -0.1) is 12.4 Å². The van der Waals surface area contributed by atoms with Gasteiger partial charge in [-0.2, -0.15) is 0 Å². The molecule has 2 rings (SSSR count). The van der Waals surface area contributed by atoms with Crippen molar-refractivity contribution in [3.8, 4) is 0 Å². The van der Waals surface area contributed by atoms with E-state index >= 15 is 0 Å². The highest BCUT2D eigenvalue weighted by atomic mass is 35.5. The molecule has 1 N–H and O–H groups in total. The van der Waals surface area contributed by atoms with Gasteiger partial charge in [0.1, 0.15) is 11.6 Å². The molecule has 18 heavy (non-hydrogen) atoms. The van der Waals surface area contributed by atoms with Crippen molar-refractivity contribution in [1.82, 2.24) is 10.2 Å². The average molecular weight is 277 g/mol. The summed E-state index contributed by atoms with van der Waals surface area (Å²) in [7, 11) is 0. The second-order valence-electron chi connectivity index (χ2n) is 4.18. The van der Waals surface area contributed by atoms with E-state index < -0.39 is 11.6 Å². The fraction of sp³-hybridized carbons (Fsp3) is 0.417. The van der Waals surface area contributed by atoms with Gasteiger partial charge in [0.2, 0.25) is 0 Å². The Bertz CT molecular complexity index is 442. The van der Waals surface area contributed by atoms with E-state index in [0.29, 0.717) is 19.6 Å². The monoisotopic (exact) mass is 276 g/mol. The molecule has 0 spiro atoms. The maximum atomic E-state index is 13.5. The molecule has 0 saturated carbocycles. The highest BCUT2D eigenvalue weighted by Crippen LogP contribution is 2.14. The maximum Gasteiger partial charge on any atom is 0.257 e. The van der Waals surface area contributed by atoms with Crippen molar-refractivity contribution in [3.63, 3.8) is 0 Å². The molecule has 0 bridgehead atoms. The van der Waals surface area contributed by atoms with Crippen molar-refractivity contribution in [1.29, 1.82) is 0 Å². The van der Waals surface area contributed by atoms with Gasteiger partial charge in [-0.05, 0) is 19.1 Å². The Morgan fingerprint density at radius 3 is 2.78 bits per heavy atom. The summed E-state index contributed by atoms with van der Waals surface area (Å²) in [6.07, 6.45) is 0. The number of hydrogen-bond donors (Lipinski definition) is 1. The molecule has 1 amide bonds. The van der Waals surface area contributed by atoms with Gasteiger partial charge in [-0.3, -0.25) is 4.79 Å². The summed E-state index contributed by atoms with van der Waals surface area (Å²) in [5.41, 5.74) is -0.0693. The van der Waals surface area contributed by atoms with Crippen LogP contribution in [0.15, 0.2) is 18.2 Å². The lowest BCUT2D eigenvalue weighted by atomic mass is 10.1. The van der Waals surface area contributed by atoms with Crippen LogP contribution in [-0.4, -0.2) is 36.5 Å². The number of amides is 1. The number of carbonyl (C=O) groups excluding carboxylic acids is 1. The Morgan fingerprint density at radius 2 is 2.17 bits per heavy atom. The number of carbonyl (C=O) groups is 1. The van der Waals surface area contributed by atoms with E-state index in [1.54, 1.807) is 4.90 Å². The molecule has 6 heteroatoms. The average Bonchev–Trinajstić information content (AvgIpc) is 2.29. The van der Waals surface area contributed by atoms with Crippen molar-refractivity contribution in [2.24, 2.45) is 0 Å². The molecule has 1 aliphatic rings. The fourth-order valence-corrected chi connectivity index (χ4v) is 1.96. The quantitative estimate of drug-likeness (QED) is 0.849. The Hall–Kier alpha value is -1.20. The molecular weight excluding hydrogens is 262 g/mol. The van der Waals surface area contributed by atoms with Crippen molar-refractivity contribution in [2.45, 2.75) is 13.0 Å². The standard InChI is InChI=1S/C12H14F2N2O.ClH/c1-8-7-15-4-5-16(8)12(17)10-3-2-9(13)6-11(10)14;/h2-3,6,8,15H,4-5,7H2,1H3;1H/t8-;/m0./s1. The third-order valence-electron chi connectivity index (χ3n) is 2.92. The summed E-state index contributed by atoms with van der Waals surface area (Å²) in [5, 5.41) is 3.15. The fourth-order valence-electron chi connectivity index (χ4n) is 1.96. The second kappa shape index (κ2) is 6.11. The zero-order valence-corrected chi connectivity index (χ0v) is 10.8. The minimum atomic E-state index is -0.805. The van der Waals surface area contributed by atoms with Crippen LogP contribution in [-0.2, 0) is 0 Å². The lowest BCUT2D eigenvalue weighted by molar-refractivity contribution is 0.0651. The van der Waals surface area contributed by atoms with Gasteiger partial charge in [0, 0.05) is 31.7 Å². The van der Waals surface area contributed by atoms with Crippen molar-refractivity contribution in [3.05, 3.63) is 35.4 Å². The first-order chi connectivity index (χ1) is 8.09. The third kappa shape index (κ3) is 2.97. The van der Waals surface area contributed by atoms with Crippen LogP contribution in [0.5, 0.6) is 0 Å². The molecule has 0 radical (unpaired) electrons. The van der Waals surface area contributed by atoms with Gasteiger partial charge in [0.15, 0.2) is 0 Å². The van der Waals surface area contributed by atoms with Crippen LogP contribution in [0.1, 0.15) is 17.3 Å². The van der Waals surface area contributed by atoms with E-state index in [9.17, 15) is 13.6 Å². The van der Waals surface area contributed by atoms with E-state index in [2.05, 4.69) is 5.32 Å². The summed E-state index contributed by atoms with van der Waals surface area (Å²) < 4.78 is 26.2. The molecule has 3 nitrogen and oxygen atoms in total. The second-order valence-corrected chi connectivity index (χ2v) is 4.18. The molecule has 0 unspecified atom stereocenters. The van der Waals surface area contributed by atoms with Gasteiger partial charge in [-0.1, -0.05) is 0 Å². The largest absolute Gasteiger partial charge is 0.333 e. The zero-order valence-electron chi connectivity index (χ0n) is 9.95. The molecule has 0 aliphatic carbocycles. The smallest absolute Gasteiger partial charge is 0.257 e. The first-order valence-corrected chi connectivity index (χ1v) is 5.56. The van der Waals surface area contributed by atoms with Crippen molar-refractivity contribution >= 4 is 18.3 Å². The van der Waals surface area contributed by atoms with Crippen LogP contribution < -0.4 is 5.32 Å². The third-order valence-corrected chi connectivity index (χ3v) is 2.92. The van der Waals surface area contributed by atoms with E-state index in [1.807, 2.05) is 6.92 Å². The van der Waals surface area contributed by atoms with E-state index in [0.717, 1.165) is 12.1 Å². The van der Waals surface area contributed by atoms with E-state index in [1.165, 1.54) is 6.07 Å². The van der Waals surface area contributed by atoms with Gasteiger partial charge in [0.25, 0.3) is 5.91 Å². The van der Waals surface area contributed by atoms with Gasteiger partial charge >= 0.3 is 0 Å². The van der Waals surface area contributed by atoms with Gasteiger partial charge in [-0.25, -0.2) is 8.78 Å². The van der Waals surface area contributed by atoms with Crippen molar-refractivity contribution < 1.29 is 13.6 Å².